The Morgan fingerprint density at radius 3 is 2.54 bits per heavy atom. The molecule has 2 rings (SSSR count). The van der Waals surface area contributed by atoms with Gasteiger partial charge in [-0.3, -0.25) is 9.89 Å². The summed E-state index contributed by atoms with van der Waals surface area (Å²) in [5, 5.41) is 6.50. The summed E-state index contributed by atoms with van der Waals surface area (Å²) in [6, 6.07) is 0.453. The van der Waals surface area contributed by atoms with E-state index >= 15 is 0 Å². The van der Waals surface area contributed by atoms with Crippen molar-refractivity contribution in [3.8, 4) is 0 Å². The van der Waals surface area contributed by atoms with Crippen molar-refractivity contribution >= 4 is 5.96 Å². The molecule has 1 heterocycles. The van der Waals surface area contributed by atoms with Crippen molar-refractivity contribution in [3.63, 3.8) is 0 Å². The minimum Gasteiger partial charge on any atom is -0.357 e. The second-order valence-electron chi connectivity index (χ2n) is 7.07. The summed E-state index contributed by atoms with van der Waals surface area (Å²) in [6.45, 7) is 3.49. The minimum atomic E-state index is -4.13. The first-order valence-corrected chi connectivity index (χ1v) is 8.79. The molecule has 0 bridgehead atoms. The monoisotopic (exact) mass is 349 g/mol. The van der Waals surface area contributed by atoms with Crippen LogP contribution in [0.3, 0.4) is 0 Å². The molecule has 2 N–H and O–H groups in total. The van der Waals surface area contributed by atoms with Gasteiger partial charge in [0.1, 0.15) is 0 Å². The predicted molar refractivity (Wildman–Crippen MR) is 90.2 cm³/mol. The number of likely N-dealkylation sites (tertiary alicyclic amines) is 1. The highest BCUT2D eigenvalue weighted by molar-refractivity contribution is 5.80. The molecule has 2 aliphatic rings. The van der Waals surface area contributed by atoms with E-state index in [4.69, 9.17) is 0 Å². The Kier molecular flexibility index (Phi) is 6.74. The van der Waals surface area contributed by atoms with Crippen LogP contribution in [0.2, 0.25) is 0 Å². The van der Waals surface area contributed by atoms with Gasteiger partial charge in [0.2, 0.25) is 0 Å². The zero-order valence-corrected chi connectivity index (χ0v) is 14.9. The summed E-state index contributed by atoms with van der Waals surface area (Å²) in [7, 11) is 4.15. The van der Waals surface area contributed by atoms with Crippen LogP contribution in [-0.2, 0) is 0 Å². The molecular formula is C16H30F3N5. The molecule has 0 spiro atoms. The van der Waals surface area contributed by atoms with Gasteiger partial charge in [0.25, 0.3) is 0 Å². The van der Waals surface area contributed by atoms with Crippen molar-refractivity contribution in [3.05, 3.63) is 0 Å². The number of halogens is 3. The summed E-state index contributed by atoms with van der Waals surface area (Å²) in [6.07, 6.45) is -0.897. The van der Waals surface area contributed by atoms with E-state index in [1.165, 1.54) is 17.7 Å². The van der Waals surface area contributed by atoms with Crippen LogP contribution in [0.15, 0.2) is 4.99 Å². The number of nitrogens with zero attached hydrogens (tertiary/aromatic N) is 3. The molecule has 8 heteroatoms. The first-order valence-electron chi connectivity index (χ1n) is 8.79. The number of nitrogens with one attached hydrogen (secondary N) is 2. The molecule has 2 fully saturated rings. The largest absolute Gasteiger partial charge is 0.401 e. The van der Waals surface area contributed by atoms with E-state index in [0.717, 1.165) is 12.5 Å². The van der Waals surface area contributed by atoms with Gasteiger partial charge in [0, 0.05) is 31.7 Å². The van der Waals surface area contributed by atoms with Gasteiger partial charge in [-0.25, -0.2) is 0 Å². The van der Waals surface area contributed by atoms with Crippen molar-refractivity contribution in [2.75, 3.05) is 46.8 Å². The third-order valence-electron chi connectivity index (χ3n) is 4.63. The Balaban J connectivity index is 1.85. The summed E-state index contributed by atoms with van der Waals surface area (Å²) >= 11 is 0. The number of likely N-dealkylation sites (N-methyl/N-ethyl adjacent to an activating group) is 1. The molecule has 5 nitrogen and oxygen atoms in total. The molecule has 0 radical (unpaired) electrons. The molecule has 1 aliphatic carbocycles. The molecule has 24 heavy (non-hydrogen) atoms. The quantitative estimate of drug-likeness (QED) is 0.540. The van der Waals surface area contributed by atoms with Crippen LogP contribution in [0, 0.1) is 5.92 Å². The Morgan fingerprint density at radius 2 is 2.00 bits per heavy atom. The molecule has 2 atom stereocenters. The van der Waals surface area contributed by atoms with E-state index in [2.05, 4.69) is 34.6 Å². The molecule has 1 aliphatic heterocycles. The zero-order valence-electron chi connectivity index (χ0n) is 14.9. The van der Waals surface area contributed by atoms with Crippen molar-refractivity contribution < 1.29 is 13.2 Å². The molecule has 0 aromatic carbocycles. The second-order valence-corrected chi connectivity index (χ2v) is 7.07. The fourth-order valence-electron chi connectivity index (χ4n) is 3.26. The average Bonchev–Trinajstić information content (AvgIpc) is 3.19. The van der Waals surface area contributed by atoms with Gasteiger partial charge < -0.3 is 15.5 Å². The van der Waals surface area contributed by atoms with Crippen LogP contribution in [0.25, 0.3) is 0 Å². The third-order valence-corrected chi connectivity index (χ3v) is 4.63. The molecule has 1 saturated carbocycles. The SMILES string of the molecule is CCNC(=NCC(C1CC1)N(C)C)NC1CCN(CC(F)(F)F)C1. The number of rotatable bonds is 7. The zero-order chi connectivity index (χ0) is 17.7. The number of hydrogen-bond donors (Lipinski definition) is 2. The van der Waals surface area contributed by atoms with E-state index in [1.54, 1.807) is 0 Å². The molecular weight excluding hydrogens is 319 g/mol. The fourth-order valence-corrected chi connectivity index (χ4v) is 3.26. The first-order chi connectivity index (χ1) is 11.3. The minimum absolute atomic E-state index is 0.0175. The van der Waals surface area contributed by atoms with Crippen LogP contribution < -0.4 is 10.6 Å². The lowest BCUT2D eigenvalue weighted by atomic mass is 10.2. The highest BCUT2D eigenvalue weighted by Gasteiger charge is 2.35. The molecule has 140 valence electrons. The van der Waals surface area contributed by atoms with Gasteiger partial charge >= 0.3 is 6.18 Å². The number of alkyl halides is 3. The van der Waals surface area contributed by atoms with Crippen molar-refractivity contribution in [2.45, 2.75) is 44.4 Å². The van der Waals surface area contributed by atoms with Crippen LogP contribution in [-0.4, -0.2) is 80.8 Å². The summed E-state index contributed by atoms with van der Waals surface area (Å²) < 4.78 is 37.4. The summed E-state index contributed by atoms with van der Waals surface area (Å²) in [5.74, 6) is 1.43. The topological polar surface area (TPSA) is 42.9 Å². The number of aliphatic imine (C=N–C) groups is 1. The Morgan fingerprint density at radius 1 is 1.29 bits per heavy atom. The van der Waals surface area contributed by atoms with Gasteiger partial charge in [0.15, 0.2) is 5.96 Å². The van der Waals surface area contributed by atoms with Gasteiger partial charge in [0.05, 0.1) is 13.1 Å². The van der Waals surface area contributed by atoms with Gasteiger partial charge in [-0.2, -0.15) is 13.2 Å². The molecule has 0 aromatic heterocycles. The van der Waals surface area contributed by atoms with Gasteiger partial charge in [-0.05, 0) is 46.2 Å². The number of guanidine groups is 1. The Labute approximate surface area is 142 Å². The lowest BCUT2D eigenvalue weighted by Gasteiger charge is -2.24. The van der Waals surface area contributed by atoms with Gasteiger partial charge in [-0.1, -0.05) is 0 Å². The molecule has 2 unspecified atom stereocenters. The van der Waals surface area contributed by atoms with Crippen LogP contribution in [0.4, 0.5) is 13.2 Å². The van der Waals surface area contributed by atoms with Crippen LogP contribution in [0.5, 0.6) is 0 Å². The van der Waals surface area contributed by atoms with Gasteiger partial charge in [-0.15, -0.1) is 0 Å². The van der Waals surface area contributed by atoms with E-state index in [-0.39, 0.29) is 6.04 Å². The maximum atomic E-state index is 12.5. The lowest BCUT2D eigenvalue weighted by Crippen LogP contribution is -2.46. The normalized spacial score (nSPS) is 24.5. The summed E-state index contributed by atoms with van der Waals surface area (Å²) in [5.41, 5.74) is 0. The molecule has 1 saturated heterocycles. The standard InChI is InChI=1S/C16H30F3N5/c1-4-20-15(21-9-14(23(2)3)12-5-6-12)22-13-7-8-24(10-13)11-16(17,18)19/h12-14H,4-11H2,1-3H3,(H2,20,21,22). The van der Waals surface area contributed by atoms with E-state index in [9.17, 15) is 13.2 Å². The molecule has 0 aromatic rings. The van der Waals surface area contributed by atoms with Crippen molar-refractivity contribution in [2.24, 2.45) is 10.9 Å². The summed E-state index contributed by atoms with van der Waals surface area (Å²) in [4.78, 5) is 8.34. The lowest BCUT2D eigenvalue weighted by molar-refractivity contribution is -0.143. The smallest absolute Gasteiger partial charge is 0.357 e. The maximum Gasteiger partial charge on any atom is 0.401 e. The Bertz CT molecular complexity index is 418. The Hall–Kier alpha value is -1.02. The van der Waals surface area contributed by atoms with E-state index in [1.807, 2.05) is 6.92 Å². The van der Waals surface area contributed by atoms with E-state index < -0.39 is 12.7 Å². The van der Waals surface area contributed by atoms with E-state index in [0.29, 0.717) is 38.1 Å². The highest BCUT2D eigenvalue weighted by Crippen LogP contribution is 2.34. The van der Waals surface area contributed by atoms with Crippen LogP contribution >= 0.6 is 0 Å². The van der Waals surface area contributed by atoms with Crippen molar-refractivity contribution in [1.82, 2.24) is 20.4 Å². The second kappa shape index (κ2) is 8.38. The molecule has 0 amide bonds. The third kappa shape index (κ3) is 6.47. The average molecular weight is 349 g/mol. The number of hydrogen-bond acceptors (Lipinski definition) is 3. The van der Waals surface area contributed by atoms with Crippen molar-refractivity contribution in [1.29, 1.82) is 0 Å². The predicted octanol–water partition coefficient (Wildman–Crippen LogP) is 1.52. The maximum absolute atomic E-state index is 12.5. The highest BCUT2D eigenvalue weighted by atomic mass is 19.4. The fraction of sp³-hybridized carbons (Fsp3) is 0.938. The first kappa shape index (κ1) is 19.3. The van der Waals surface area contributed by atoms with Crippen LogP contribution in [0.1, 0.15) is 26.2 Å².